The number of hydrogen-bond acceptors (Lipinski definition) is 2. The molecule has 0 saturated carbocycles. The van der Waals surface area contributed by atoms with Crippen molar-refractivity contribution in [3.8, 4) is 11.3 Å². The van der Waals surface area contributed by atoms with E-state index in [1.807, 2.05) is 0 Å². The molecule has 0 spiro atoms. The summed E-state index contributed by atoms with van der Waals surface area (Å²) in [6.07, 6.45) is -2.95. The molecule has 0 aliphatic carbocycles. The summed E-state index contributed by atoms with van der Waals surface area (Å²) in [6.45, 7) is 0. The molecule has 0 aliphatic heterocycles. The van der Waals surface area contributed by atoms with Crippen molar-refractivity contribution in [3.05, 3.63) is 40.6 Å². The second-order valence-electron chi connectivity index (χ2n) is 3.09. The summed E-state index contributed by atoms with van der Waals surface area (Å²) in [5, 5.41) is 3.67. The third kappa shape index (κ3) is 2.11. The molecule has 6 heteroatoms. The lowest BCUT2D eigenvalue weighted by molar-refractivity contribution is -0.137. The van der Waals surface area contributed by atoms with Gasteiger partial charge in [0.1, 0.15) is 12.0 Å². The van der Waals surface area contributed by atoms with E-state index < -0.39 is 11.7 Å². The van der Waals surface area contributed by atoms with Crippen molar-refractivity contribution in [2.24, 2.45) is 0 Å². The van der Waals surface area contributed by atoms with Crippen LogP contribution in [-0.2, 0) is 6.18 Å². The summed E-state index contributed by atoms with van der Waals surface area (Å²) in [7, 11) is 0. The van der Waals surface area contributed by atoms with Gasteiger partial charge in [-0.3, -0.25) is 0 Å². The highest BCUT2D eigenvalue weighted by Crippen LogP contribution is 2.32. The van der Waals surface area contributed by atoms with Gasteiger partial charge in [0.15, 0.2) is 0 Å². The van der Waals surface area contributed by atoms with E-state index in [2.05, 4.69) is 25.6 Å². The Hall–Kier alpha value is -1.30. The zero-order valence-corrected chi connectivity index (χ0v) is 9.34. The highest BCUT2D eigenvalue weighted by atomic mass is 79.9. The zero-order chi connectivity index (χ0) is 11.8. The van der Waals surface area contributed by atoms with Crippen LogP contribution >= 0.6 is 15.9 Å². The van der Waals surface area contributed by atoms with Crippen molar-refractivity contribution in [2.45, 2.75) is 6.18 Å². The minimum atomic E-state index is -4.32. The van der Waals surface area contributed by atoms with Gasteiger partial charge in [0.2, 0.25) is 0 Å². The average Bonchev–Trinajstić information content (AvgIpc) is 2.63. The molecule has 0 aliphatic rings. The third-order valence-electron chi connectivity index (χ3n) is 2.01. The number of alkyl halides is 3. The second kappa shape index (κ2) is 3.93. The average molecular weight is 292 g/mol. The molecule has 2 aromatic rings. The van der Waals surface area contributed by atoms with Gasteiger partial charge < -0.3 is 4.52 Å². The van der Waals surface area contributed by atoms with E-state index >= 15 is 0 Å². The van der Waals surface area contributed by atoms with Crippen LogP contribution < -0.4 is 0 Å². The van der Waals surface area contributed by atoms with Crippen molar-refractivity contribution in [1.29, 1.82) is 0 Å². The molecule has 2 nitrogen and oxygen atoms in total. The Morgan fingerprint density at radius 3 is 2.19 bits per heavy atom. The van der Waals surface area contributed by atoms with E-state index in [0.717, 1.165) is 12.1 Å². The molecule has 2 rings (SSSR count). The molecular weight excluding hydrogens is 287 g/mol. The van der Waals surface area contributed by atoms with Crippen molar-refractivity contribution >= 4 is 15.9 Å². The lowest BCUT2D eigenvalue weighted by atomic mass is 10.1. The predicted molar refractivity (Wildman–Crippen MR) is 54.6 cm³/mol. The Balaban J connectivity index is 2.37. The number of nitrogens with zero attached hydrogens (tertiary/aromatic N) is 1. The van der Waals surface area contributed by atoms with Crippen LogP contribution in [0.2, 0.25) is 0 Å². The summed E-state index contributed by atoms with van der Waals surface area (Å²) < 4.78 is 42.2. The van der Waals surface area contributed by atoms with Gasteiger partial charge in [-0.15, -0.1) is 0 Å². The highest BCUT2D eigenvalue weighted by Gasteiger charge is 2.30. The molecule has 0 atom stereocenters. The number of benzene rings is 1. The molecule has 84 valence electrons. The van der Waals surface area contributed by atoms with E-state index in [1.54, 1.807) is 0 Å². The SMILES string of the molecule is FC(F)(F)c1ccc(-c2nocc2Br)cc1. The summed E-state index contributed by atoms with van der Waals surface area (Å²) in [6, 6.07) is 4.73. The Morgan fingerprint density at radius 1 is 1.12 bits per heavy atom. The topological polar surface area (TPSA) is 26.0 Å². The van der Waals surface area contributed by atoms with Crippen LogP contribution in [0.5, 0.6) is 0 Å². The normalized spacial score (nSPS) is 11.8. The van der Waals surface area contributed by atoms with Gasteiger partial charge in [0.25, 0.3) is 0 Å². The van der Waals surface area contributed by atoms with E-state index in [1.165, 1.54) is 18.4 Å². The number of aromatic nitrogens is 1. The third-order valence-corrected chi connectivity index (χ3v) is 2.57. The first-order valence-corrected chi connectivity index (χ1v) is 5.05. The molecule has 1 aromatic heterocycles. The second-order valence-corrected chi connectivity index (χ2v) is 3.94. The number of halogens is 4. The van der Waals surface area contributed by atoms with Crippen LogP contribution in [-0.4, -0.2) is 5.16 Å². The molecule has 0 fully saturated rings. The largest absolute Gasteiger partial charge is 0.416 e. The maximum Gasteiger partial charge on any atom is 0.416 e. The van der Waals surface area contributed by atoms with Crippen LogP contribution in [0, 0.1) is 0 Å². The van der Waals surface area contributed by atoms with Gasteiger partial charge in [-0.1, -0.05) is 17.3 Å². The standard InChI is InChI=1S/C10H5BrF3NO/c11-8-5-16-15-9(8)6-1-3-7(4-2-6)10(12,13)14/h1-5H. The maximum atomic E-state index is 12.3. The Kier molecular flexibility index (Phi) is 2.75. The van der Waals surface area contributed by atoms with Gasteiger partial charge in [-0.25, -0.2) is 0 Å². The van der Waals surface area contributed by atoms with E-state index in [9.17, 15) is 13.2 Å². The molecule has 0 amide bonds. The molecular formula is C10H5BrF3NO. The van der Waals surface area contributed by atoms with E-state index in [0.29, 0.717) is 15.7 Å². The fraction of sp³-hybridized carbons (Fsp3) is 0.100. The molecule has 0 unspecified atom stereocenters. The summed E-state index contributed by atoms with van der Waals surface area (Å²) in [5.41, 5.74) is 0.359. The van der Waals surface area contributed by atoms with Crippen LogP contribution in [0.15, 0.2) is 39.5 Å². The molecule has 0 radical (unpaired) electrons. The molecule has 1 heterocycles. The first-order chi connectivity index (χ1) is 7.48. The zero-order valence-electron chi connectivity index (χ0n) is 7.75. The molecule has 16 heavy (non-hydrogen) atoms. The van der Waals surface area contributed by atoms with E-state index in [4.69, 9.17) is 0 Å². The minimum absolute atomic E-state index is 0.480. The van der Waals surface area contributed by atoms with Crippen molar-refractivity contribution in [3.63, 3.8) is 0 Å². The fourth-order valence-corrected chi connectivity index (χ4v) is 1.62. The lowest BCUT2D eigenvalue weighted by Gasteiger charge is -2.06. The summed E-state index contributed by atoms with van der Waals surface area (Å²) >= 11 is 3.18. The quantitative estimate of drug-likeness (QED) is 0.790. The molecule has 0 saturated heterocycles. The van der Waals surface area contributed by atoms with Gasteiger partial charge in [0, 0.05) is 5.56 Å². The fourth-order valence-electron chi connectivity index (χ4n) is 1.23. The van der Waals surface area contributed by atoms with Gasteiger partial charge in [-0.2, -0.15) is 13.2 Å². The lowest BCUT2D eigenvalue weighted by Crippen LogP contribution is -2.03. The van der Waals surface area contributed by atoms with Crippen molar-refractivity contribution in [2.75, 3.05) is 0 Å². The maximum absolute atomic E-state index is 12.3. The Morgan fingerprint density at radius 2 is 1.75 bits per heavy atom. The first-order valence-electron chi connectivity index (χ1n) is 4.26. The monoisotopic (exact) mass is 291 g/mol. The smallest absolute Gasteiger partial charge is 0.363 e. The van der Waals surface area contributed by atoms with Gasteiger partial charge in [-0.05, 0) is 28.1 Å². The minimum Gasteiger partial charge on any atom is -0.363 e. The van der Waals surface area contributed by atoms with Crippen LogP contribution in [0.3, 0.4) is 0 Å². The van der Waals surface area contributed by atoms with E-state index in [-0.39, 0.29) is 0 Å². The van der Waals surface area contributed by atoms with Crippen molar-refractivity contribution < 1.29 is 17.7 Å². The molecule has 1 aromatic carbocycles. The van der Waals surface area contributed by atoms with Gasteiger partial charge in [0.05, 0.1) is 10.0 Å². The Labute approximate surface area is 97.2 Å². The molecule has 0 bridgehead atoms. The van der Waals surface area contributed by atoms with Crippen LogP contribution in [0.25, 0.3) is 11.3 Å². The summed E-state index contributed by atoms with van der Waals surface area (Å²) in [4.78, 5) is 0. The number of hydrogen-bond donors (Lipinski definition) is 0. The Bertz CT molecular complexity index is 490. The summed E-state index contributed by atoms with van der Waals surface area (Å²) in [5.74, 6) is 0. The van der Waals surface area contributed by atoms with Crippen LogP contribution in [0.1, 0.15) is 5.56 Å². The van der Waals surface area contributed by atoms with Gasteiger partial charge >= 0.3 is 6.18 Å². The molecule has 0 N–H and O–H groups in total. The predicted octanol–water partition coefficient (Wildman–Crippen LogP) is 4.12. The van der Waals surface area contributed by atoms with Crippen molar-refractivity contribution in [1.82, 2.24) is 5.16 Å². The van der Waals surface area contributed by atoms with Crippen LogP contribution in [0.4, 0.5) is 13.2 Å². The number of rotatable bonds is 1. The first kappa shape index (κ1) is 11.2. The highest BCUT2D eigenvalue weighted by molar-refractivity contribution is 9.10.